The lowest BCUT2D eigenvalue weighted by molar-refractivity contribution is -0.142. The van der Waals surface area contributed by atoms with E-state index < -0.39 is 26.5 Å². The first-order valence-corrected chi connectivity index (χ1v) is 19.2. The topological polar surface area (TPSA) is 97.0 Å². The largest absolute Gasteiger partial charge is 0.449 e. The van der Waals surface area contributed by atoms with Gasteiger partial charge in [-0.1, -0.05) is 99.6 Å². The quantitative estimate of drug-likeness (QED) is 0.243. The number of fused-ring (bicyclic) bond motifs is 3. The van der Waals surface area contributed by atoms with E-state index in [9.17, 15) is 14.4 Å². The fourth-order valence-corrected chi connectivity index (χ4v) is 7.21. The summed E-state index contributed by atoms with van der Waals surface area (Å²) in [5.41, 5.74) is 5.51. The van der Waals surface area contributed by atoms with Crippen molar-refractivity contribution in [2.75, 3.05) is 13.2 Å². The number of alkyl carbamates (subject to hydrolysis) is 1. The fourth-order valence-electron chi connectivity index (χ4n) is 6.16. The van der Waals surface area contributed by atoms with Crippen LogP contribution in [-0.2, 0) is 25.3 Å². The van der Waals surface area contributed by atoms with E-state index >= 15 is 0 Å². The lowest BCUT2D eigenvalue weighted by Crippen LogP contribution is -2.56. The number of ether oxygens (including phenoxy) is 1. The summed E-state index contributed by atoms with van der Waals surface area (Å²) in [6.07, 6.45) is 0.498. The first-order chi connectivity index (χ1) is 21.9. The lowest BCUT2D eigenvalue weighted by Gasteiger charge is -2.39. The third-order valence-electron chi connectivity index (χ3n) is 9.86. The molecule has 3 aromatic rings. The molecule has 3 atom stereocenters. The molecule has 2 aliphatic rings. The summed E-state index contributed by atoms with van der Waals surface area (Å²) < 4.78 is 12.3. The van der Waals surface area contributed by atoms with Crippen LogP contribution in [0.2, 0.25) is 18.1 Å². The smallest absolute Gasteiger partial charge is 0.407 e. The second-order valence-corrected chi connectivity index (χ2v) is 18.8. The normalized spacial score (nSPS) is 18.4. The van der Waals surface area contributed by atoms with Gasteiger partial charge in [0.25, 0.3) is 0 Å². The second-order valence-electron chi connectivity index (χ2n) is 14.0. The molecule has 0 unspecified atom stereocenters. The first-order valence-electron chi connectivity index (χ1n) is 16.3. The standard InChI is InChI=1S/C37H47N3O5Si/c1-25(39-36(43)44-24-32-30-18-12-10-16-28(30)29-17-11-13-19-31(29)32)35(42)40-27(23-45-46(5,6)37(2,3)4)20-21-33(40)34(41)38-22-26-14-8-7-9-15-26/h7-19,25,27,32-33H,20-24H2,1-6H3,(H,38,41)(H,39,43)/t25-,27-,33+/m1/s1. The van der Waals surface area contributed by atoms with Crippen molar-refractivity contribution in [3.63, 3.8) is 0 Å². The van der Waals surface area contributed by atoms with Crippen LogP contribution in [0.25, 0.3) is 11.1 Å². The molecule has 244 valence electrons. The number of hydrogen-bond donors (Lipinski definition) is 2. The lowest BCUT2D eigenvalue weighted by atomic mass is 9.98. The third-order valence-corrected chi connectivity index (χ3v) is 14.4. The molecule has 5 rings (SSSR count). The van der Waals surface area contributed by atoms with Gasteiger partial charge in [0.1, 0.15) is 18.7 Å². The van der Waals surface area contributed by atoms with Crippen LogP contribution >= 0.6 is 0 Å². The zero-order chi connectivity index (χ0) is 33.1. The molecule has 0 aromatic heterocycles. The molecule has 1 aliphatic heterocycles. The number of likely N-dealkylation sites (tertiary alicyclic amines) is 1. The average Bonchev–Trinajstić information content (AvgIpc) is 3.60. The molecule has 2 N–H and O–H groups in total. The van der Waals surface area contributed by atoms with Crippen LogP contribution in [0.3, 0.4) is 0 Å². The highest BCUT2D eigenvalue weighted by Crippen LogP contribution is 2.44. The Kier molecular flexibility index (Phi) is 10.0. The molecule has 46 heavy (non-hydrogen) atoms. The molecule has 1 aliphatic carbocycles. The van der Waals surface area contributed by atoms with E-state index in [0.29, 0.717) is 26.0 Å². The summed E-state index contributed by atoms with van der Waals surface area (Å²) in [6.45, 7) is 13.4. The zero-order valence-electron chi connectivity index (χ0n) is 27.8. The number of nitrogens with zero attached hydrogens (tertiary/aromatic N) is 1. The Hall–Kier alpha value is -3.95. The van der Waals surface area contributed by atoms with Gasteiger partial charge < -0.3 is 24.7 Å². The molecule has 0 radical (unpaired) electrons. The summed E-state index contributed by atoms with van der Waals surface area (Å²) >= 11 is 0. The Labute approximate surface area is 274 Å². The summed E-state index contributed by atoms with van der Waals surface area (Å²) in [5, 5.41) is 5.77. The van der Waals surface area contributed by atoms with Crippen molar-refractivity contribution in [1.29, 1.82) is 0 Å². The number of nitrogens with one attached hydrogen (secondary N) is 2. The number of carbonyl (C=O) groups excluding carboxylic acids is 3. The Bertz CT molecular complexity index is 1510. The van der Waals surface area contributed by atoms with Crippen molar-refractivity contribution in [2.45, 2.75) is 89.3 Å². The Morgan fingerprint density at radius 3 is 2.07 bits per heavy atom. The third kappa shape index (κ3) is 7.21. The second kappa shape index (κ2) is 13.8. The minimum absolute atomic E-state index is 0.00581. The molecule has 0 bridgehead atoms. The Balaban J connectivity index is 1.25. The van der Waals surface area contributed by atoms with E-state index in [1.165, 1.54) is 0 Å². The molecular weight excluding hydrogens is 595 g/mol. The van der Waals surface area contributed by atoms with Crippen molar-refractivity contribution in [1.82, 2.24) is 15.5 Å². The number of hydrogen-bond acceptors (Lipinski definition) is 5. The number of carbonyl (C=O) groups is 3. The van der Waals surface area contributed by atoms with E-state index in [2.05, 4.69) is 68.8 Å². The van der Waals surface area contributed by atoms with Gasteiger partial charge in [0, 0.05) is 12.5 Å². The predicted molar refractivity (Wildman–Crippen MR) is 183 cm³/mol. The molecule has 3 aromatic carbocycles. The van der Waals surface area contributed by atoms with Gasteiger partial charge in [-0.25, -0.2) is 4.79 Å². The van der Waals surface area contributed by atoms with Gasteiger partial charge in [0.15, 0.2) is 8.32 Å². The summed E-state index contributed by atoms with van der Waals surface area (Å²) in [4.78, 5) is 42.2. The van der Waals surface area contributed by atoms with Crippen molar-refractivity contribution < 1.29 is 23.5 Å². The monoisotopic (exact) mass is 641 g/mol. The molecule has 1 fully saturated rings. The first kappa shape index (κ1) is 33.4. The number of amides is 3. The number of rotatable bonds is 10. The highest BCUT2D eigenvalue weighted by atomic mass is 28.4. The molecule has 8 nitrogen and oxygen atoms in total. The van der Waals surface area contributed by atoms with E-state index in [4.69, 9.17) is 9.16 Å². The van der Waals surface area contributed by atoms with Crippen LogP contribution in [0.5, 0.6) is 0 Å². The fraction of sp³-hybridized carbons (Fsp3) is 0.432. The van der Waals surface area contributed by atoms with Gasteiger partial charge in [-0.05, 0) is 65.7 Å². The van der Waals surface area contributed by atoms with Crippen LogP contribution in [0.1, 0.15) is 63.1 Å². The van der Waals surface area contributed by atoms with Gasteiger partial charge in [-0.2, -0.15) is 0 Å². The van der Waals surface area contributed by atoms with Crippen molar-refractivity contribution in [3.8, 4) is 11.1 Å². The maximum atomic E-state index is 14.0. The molecule has 3 amide bonds. The maximum absolute atomic E-state index is 14.0. The van der Waals surface area contributed by atoms with Gasteiger partial charge in [0.05, 0.1) is 12.6 Å². The summed E-state index contributed by atoms with van der Waals surface area (Å²) in [5.74, 6) is -0.618. The number of benzene rings is 3. The SMILES string of the molecule is C[C@@H](NC(=O)OCC1c2ccccc2-c2ccccc21)C(=O)N1[C@@H](CO[Si](C)(C)C(C)(C)C)CC[C@H]1C(=O)NCc1ccccc1. The molecule has 0 spiro atoms. The van der Waals surface area contributed by atoms with Crippen LogP contribution in [0.4, 0.5) is 4.79 Å². The van der Waals surface area contributed by atoms with Gasteiger partial charge in [-0.15, -0.1) is 0 Å². The van der Waals surface area contributed by atoms with Crippen LogP contribution < -0.4 is 10.6 Å². The summed E-state index contributed by atoms with van der Waals surface area (Å²) in [6, 6.07) is 24.2. The minimum Gasteiger partial charge on any atom is -0.449 e. The van der Waals surface area contributed by atoms with Crippen molar-refractivity contribution in [3.05, 3.63) is 95.6 Å². The molecule has 0 saturated carbocycles. The van der Waals surface area contributed by atoms with Crippen LogP contribution in [0, 0.1) is 0 Å². The highest BCUT2D eigenvalue weighted by molar-refractivity contribution is 6.74. The van der Waals surface area contributed by atoms with Crippen molar-refractivity contribution >= 4 is 26.2 Å². The molecule has 1 saturated heterocycles. The van der Waals surface area contributed by atoms with E-state index in [0.717, 1.165) is 27.8 Å². The Morgan fingerprint density at radius 1 is 0.870 bits per heavy atom. The van der Waals surface area contributed by atoms with E-state index in [1.54, 1.807) is 11.8 Å². The highest BCUT2D eigenvalue weighted by Gasteiger charge is 2.45. The Morgan fingerprint density at radius 2 is 1.46 bits per heavy atom. The van der Waals surface area contributed by atoms with Crippen molar-refractivity contribution in [2.24, 2.45) is 0 Å². The zero-order valence-corrected chi connectivity index (χ0v) is 28.8. The molecule has 1 heterocycles. The average molecular weight is 642 g/mol. The van der Waals surface area contributed by atoms with Gasteiger partial charge in [-0.3, -0.25) is 9.59 Å². The van der Waals surface area contributed by atoms with Gasteiger partial charge >= 0.3 is 6.09 Å². The van der Waals surface area contributed by atoms with Crippen LogP contribution in [0.15, 0.2) is 78.9 Å². The van der Waals surface area contributed by atoms with E-state index in [1.807, 2.05) is 54.6 Å². The van der Waals surface area contributed by atoms with E-state index in [-0.39, 0.29) is 35.4 Å². The van der Waals surface area contributed by atoms with Crippen LogP contribution in [-0.4, -0.2) is 62.5 Å². The minimum atomic E-state index is -2.10. The summed E-state index contributed by atoms with van der Waals surface area (Å²) in [7, 11) is -2.10. The molecule has 9 heteroatoms. The maximum Gasteiger partial charge on any atom is 0.407 e. The predicted octanol–water partition coefficient (Wildman–Crippen LogP) is 6.61. The molecular formula is C37H47N3O5Si. The van der Waals surface area contributed by atoms with Gasteiger partial charge in [0.2, 0.25) is 11.8 Å².